The van der Waals surface area contributed by atoms with Gasteiger partial charge < -0.3 is 15.0 Å². The van der Waals surface area contributed by atoms with E-state index in [1.54, 1.807) is 13.2 Å². The van der Waals surface area contributed by atoms with Crippen molar-refractivity contribution in [2.75, 3.05) is 20.3 Å². The Bertz CT molecular complexity index is 563. The number of ether oxygens (including phenoxy) is 1. The first-order valence-electron chi connectivity index (χ1n) is 6.50. The number of imidazole rings is 1. The molecule has 0 unspecified atom stereocenters. The summed E-state index contributed by atoms with van der Waals surface area (Å²) in [5.74, 6) is 0.873. The topological polar surface area (TPSA) is 67.0 Å². The van der Waals surface area contributed by atoms with Crippen LogP contribution in [0.25, 0.3) is 11.0 Å². The highest BCUT2D eigenvalue weighted by Gasteiger charge is 2.08. The molecule has 19 heavy (non-hydrogen) atoms. The smallest absolute Gasteiger partial charge is 0.251 e. The van der Waals surface area contributed by atoms with Crippen LogP contribution >= 0.6 is 0 Å². The normalized spacial score (nSPS) is 10.8. The Morgan fingerprint density at radius 1 is 1.47 bits per heavy atom. The fourth-order valence-electron chi connectivity index (χ4n) is 1.89. The molecular formula is C14H19N3O2. The molecule has 0 fully saturated rings. The summed E-state index contributed by atoms with van der Waals surface area (Å²) in [6, 6.07) is 5.51. The number of aromatic nitrogens is 2. The van der Waals surface area contributed by atoms with E-state index in [0.29, 0.717) is 18.7 Å². The highest BCUT2D eigenvalue weighted by Crippen LogP contribution is 2.14. The lowest BCUT2D eigenvalue weighted by molar-refractivity contribution is 0.0948. The lowest BCUT2D eigenvalue weighted by atomic mass is 10.2. The highest BCUT2D eigenvalue weighted by atomic mass is 16.5. The highest BCUT2D eigenvalue weighted by molar-refractivity contribution is 5.97. The minimum absolute atomic E-state index is 0.0642. The average molecular weight is 261 g/mol. The number of benzene rings is 1. The van der Waals surface area contributed by atoms with Gasteiger partial charge in [-0.3, -0.25) is 4.79 Å². The van der Waals surface area contributed by atoms with Gasteiger partial charge in [-0.15, -0.1) is 0 Å². The zero-order valence-electron chi connectivity index (χ0n) is 11.3. The number of rotatable bonds is 6. The molecule has 0 saturated heterocycles. The molecule has 102 valence electrons. The number of carbonyl (C=O) groups excluding carboxylic acids is 1. The SMILES string of the molecule is CCc1nc2ccc(C(=O)NCCCOC)cc2[nH]1. The maximum absolute atomic E-state index is 11.9. The summed E-state index contributed by atoms with van der Waals surface area (Å²) in [6.07, 6.45) is 1.67. The summed E-state index contributed by atoms with van der Waals surface area (Å²) in [5.41, 5.74) is 2.45. The number of H-pyrrole nitrogens is 1. The third-order valence-corrected chi connectivity index (χ3v) is 2.94. The summed E-state index contributed by atoms with van der Waals surface area (Å²) in [7, 11) is 1.65. The minimum atomic E-state index is -0.0642. The average Bonchev–Trinajstić information content (AvgIpc) is 2.85. The third kappa shape index (κ3) is 3.32. The van der Waals surface area contributed by atoms with E-state index >= 15 is 0 Å². The van der Waals surface area contributed by atoms with E-state index in [1.807, 2.05) is 19.1 Å². The van der Waals surface area contributed by atoms with Gasteiger partial charge in [-0.2, -0.15) is 0 Å². The van der Waals surface area contributed by atoms with Gasteiger partial charge >= 0.3 is 0 Å². The number of aromatic amines is 1. The van der Waals surface area contributed by atoms with Crippen molar-refractivity contribution in [3.05, 3.63) is 29.6 Å². The van der Waals surface area contributed by atoms with E-state index in [1.165, 1.54) is 0 Å². The summed E-state index contributed by atoms with van der Waals surface area (Å²) in [5, 5.41) is 2.87. The van der Waals surface area contributed by atoms with Crippen LogP contribution in [0.2, 0.25) is 0 Å². The monoisotopic (exact) mass is 261 g/mol. The van der Waals surface area contributed by atoms with Crippen LogP contribution in [0.15, 0.2) is 18.2 Å². The Morgan fingerprint density at radius 3 is 3.05 bits per heavy atom. The van der Waals surface area contributed by atoms with Crippen molar-refractivity contribution in [2.24, 2.45) is 0 Å². The van der Waals surface area contributed by atoms with Crippen LogP contribution in [0.5, 0.6) is 0 Å². The summed E-state index contributed by atoms with van der Waals surface area (Å²) in [6.45, 7) is 3.31. The molecule has 2 aromatic rings. The van der Waals surface area contributed by atoms with Crippen LogP contribution in [0.3, 0.4) is 0 Å². The van der Waals surface area contributed by atoms with Gasteiger partial charge in [-0.25, -0.2) is 4.98 Å². The zero-order chi connectivity index (χ0) is 13.7. The number of hydrogen-bond donors (Lipinski definition) is 2. The van der Waals surface area contributed by atoms with Crippen LogP contribution in [-0.4, -0.2) is 36.1 Å². The molecule has 1 amide bonds. The number of fused-ring (bicyclic) bond motifs is 1. The standard InChI is InChI=1S/C14H19N3O2/c1-3-13-16-11-6-5-10(9-12(11)17-13)14(18)15-7-4-8-19-2/h5-6,9H,3-4,7-8H2,1-2H3,(H,15,18)(H,16,17). The lowest BCUT2D eigenvalue weighted by Crippen LogP contribution is -2.25. The molecule has 0 bridgehead atoms. The van der Waals surface area contributed by atoms with Gasteiger partial charge in [0, 0.05) is 32.2 Å². The molecule has 1 aromatic carbocycles. The molecule has 2 N–H and O–H groups in total. The number of hydrogen-bond acceptors (Lipinski definition) is 3. The van der Waals surface area contributed by atoms with Crippen molar-refractivity contribution < 1.29 is 9.53 Å². The molecule has 0 saturated carbocycles. The Morgan fingerprint density at radius 2 is 2.32 bits per heavy atom. The van der Waals surface area contributed by atoms with Crippen LogP contribution in [0.1, 0.15) is 29.5 Å². The third-order valence-electron chi connectivity index (χ3n) is 2.94. The predicted molar refractivity (Wildman–Crippen MR) is 74.3 cm³/mol. The first-order valence-corrected chi connectivity index (χ1v) is 6.50. The van der Waals surface area contributed by atoms with E-state index in [9.17, 15) is 4.79 Å². The molecule has 0 aliphatic carbocycles. The number of nitrogens with zero attached hydrogens (tertiary/aromatic N) is 1. The molecule has 1 aromatic heterocycles. The van der Waals surface area contributed by atoms with E-state index in [-0.39, 0.29) is 5.91 Å². The van der Waals surface area contributed by atoms with Gasteiger partial charge in [0.25, 0.3) is 5.91 Å². The molecular weight excluding hydrogens is 242 g/mol. The number of nitrogens with one attached hydrogen (secondary N) is 2. The van der Waals surface area contributed by atoms with Gasteiger partial charge in [0.05, 0.1) is 11.0 Å². The van der Waals surface area contributed by atoms with Crippen LogP contribution < -0.4 is 5.32 Å². The number of carbonyl (C=O) groups is 1. The second-order valence-electron chi connectivity index (χ2n) is 4.37. The Balaban J connectivity index is 2.05. The molecule has 5 nitrogen and oxygen atoms in total. The number of aryl methyl sites for hydroxylation is 1. The molecule has 0 aliphatic heterocycles. The molecule has 0 aliphatic rings. The predicted octanol–water partition coefficient (Wildman–Crippen LogP) is 1.89. The van der Waals surface area contributed by atoms with E-state index < -0.39 is 0 Å². The fourth-order valence-corrected chi connectivity index (χ4v) is 1.89. The fraction of sp³-hybridized carbons (Fsp3) is 0.429. The summed E-state index contributed by atoms with van der Waals surface area (Å²) < 4.78 is 4.94. The minimum Gasteiger partial charge on any atom is -0.385 e. The molecule has 0 atom stereocenters. The zero-order valence-corrected chi connectivity index (χ0v) is 11.3. The Labute approximate surface area is 112 Å². The van der Waals surface area contributed by atoms with Crippen molar-refractivity contribution in [1.82, 2.24) is 15.3 Å². The van der Waals surface area contributed by atoms with Crippen molar-refractivity contribution in [1.29, 1.82) is 0 Å². The molecule has 5 heteroatoms. The van der Waals surface area contributed by atoms with Crippen molar-refractivity contribution in [2.45, 2.75) is 19.8 Å². The molecule has 0 spiro atoms. The van der Waals surface area contributed by atoms with E-state index in [4.69, 9.17) is 4.74 Å². The van der Waals surface area contributed by atoms with Crippen LogP contribution in [0.4, 0.5) is 0 Å². The second kappa shape index (κ2) is 6.33. The lowest BCUT2D eigenvalue weighted by Gasteiger charge is -2.04. The van der Waals surface area contributed by atoms with Gasteiger partial charge in [0.1, 0.15) is 5.82 Å². The first-order chi connectivity index (χ1) is 9.24. The maximum atomic E-state index is 11.9. The van der Waals surface area contributed by atoms with Gasteiger partial charge in [0.2, 0.25) is 0 Å². The number of methoxy groups -OCH3 is 1. The van der Waals surface area contributed by atoms with Crippen LogP contribution in [-0.2, 0) is 11.2 Å². The van der Waals surface area contributed by atoms with Crippen molar-refractivity contribution in [3.8, 4) is 0 Å². The van der Waals surface area contributed by atoms with Crippen molar-refractivity contribution >= 4 is 16.9 Å². The number of amides is 1. The molecule has 1 heterocycles. The summed E-state index contributed by atoms with van der Waals surface area (Å²) in [4.78, 5) is 19.6. The quantitative estimate of drug-likeness (QED) is 0.780. The Kier molecular flexibility index (Phi) is 4.52. The van der Waals surface area contributed by atoms with Gasteiger partial charge in [-0.05, 0) is 24.6 Å². The molecule has 0 radical (unpaired) electrons. The van der Waals surface area contributed by atoms with Crippen molar-refractivity contribution in [3.63, 3.8) is 0 Å². The van der Waals surface area contributed by atoms with Gasteiger partial charge in [-0.1, -0.05) is 6.92 Å². The molecule has 2 rings (SSSR count). The largest absolute Gasteiger partial charge is 0.385 e. The van der Waals surface area contributed by atoms with E-state index in [2.05, 4.69) is 15.3 Å². The van der Waals surface area contributed by atoms with E-state index in [0.717, 1.165) is 29.7 Å². The van der Waals surface area contributed by atoms with Gasteiger partial charge in [0.15, 0.2) is 0 Å². The second-order valence-corrected chi connectivity index (χ2v) is 4.37. The summed E-state index contributed by atoms with van der Waals surface area (Å²) >= 11 is 0. The maximum Gasteiger partial charge on any atom is 0.251 e. The Hall–Kier alpha value is -1.88. The first kappa shape index (κ1) is 13.5. The van der Waals surface area contributed by atoms with Crippen LogP contribution in [0, 0.1) is 0 Å².